The summed E-state index contributed by atoms with van der Waals surface area (Å²) >= 11 is 0. The van der Waals surface area contributed by atoms with Crippen molar-refractivity contribution in [2.75, 3.05) is 65.9 Å². The lowest BCUT2D eigenvalue weighted by atomic mass is 10.0. The number of phosphoric ester groups is 2. The first-order valence-corrected chi connectivity index (χ1v) is 41.7. The van der Waals surface area contributed by atoms with Gasteiger partial charge >= 0.3 is 33.6 Å². The van der Waals surface area contributed by atoms with Crippen molar-refractivity contribution in [3.05, 3.63) is 0 Å². The zero-order chi connectivity index (χ0) is 72.4. The second-order valence-electron chi connectivity index (χ2n) is 26.5. The molecule has 0 aromatic heterocycles. The van der Waals surface area contributed by atoms with Gasteiger partial charge in [0.25, 0.3) is 0 Å². The number of hydrogen-bond donors (Lipinski definition) is 6. The molecule has 0 radical (unpaired) electrons. The second kappa shape index (κ2) is 66.8. The van der Waals surface area contributed by atoms with Crippen LogP contribution in [0.1, 0.15) is 337 Å². The number of carbonyl (C=O) groups is 7. The molecule has 25 heteroatoms. The molecule has 0 aliphatic carbocycles. The van der Waals surface area contributed by atoms with Crippen molar-refractivity contribution in [3.8, 4) is 0 Å². The van der Waals surface area contributed by atoms with E-state index in [1.54, 1.807) is 0 Å². The number of urea groups is 1. The average molecular weight is 1440 g/mol. The summed E-state index contributed by atoms with van der Waals surface area (Å²) in [4.78, 5) is 111. The number of phosphoric acid groups is 2. The number of ether oxygens (including phenoxy) is 4. The maximum absolute atomic E-state index is 13.2. The van der Waals surface area contributed by atoms with E-state index in [4.69, 9.17) is 37.0 Å². The molecule has 4 amide bonds. The van der Waals surface area contributed by atoms with E-state index in [-0.39, 0.29) is 94.9 Å². The number of nitrogens with one attached hydrogen (secondary N) is 4. The molecule has 6 unspecified atom stereocenters. The summed E-state index contributed by atoms with van der Waals surface area (Å²) in [5.41, 5.74) is 0. The van der Waals surface area contributed by atoms with Gasteiger partial charge in [-0.3, -0.25) is 46.9 Å². The van der Waals surface area contributed by atoms with Crippen molar-refractivity contribution in [2.24, 2.45) is 0 Å². The molecule has 0 bridgehead atoms. The number of carbonyl (C=O) groups excluding carboxylic acids is 7. The first kappa shape index (κ1) is 94.6. The normalized spacial score (nSPS) is 14.0. The van der Waals surface area contributed by atoms with Gasteiger partial charge in [-0.25, -0.2) is 13.9 Å². The number of hydrogen-bond acceptors (Lipinski definition) is 17. The first-order valence-electron chi connectivity index (χ1n) is 38.7. The van der Waals surface area contributed by atoms with Gasteiger partial charge in [0.1, 0.15) is 23.8 Å². The molecule has 0 spiro atoms. The summed E-state index contributed by atoms with van der Waals surface area (Å²) in [6.07, 6.45) is 41.6. The van der Waals surface area contributed by atoms with E-state index in [1.165, 1.54) is 110 Å². The van der Waals surface area contributed by atoms with Crippen molar-refractivity contribution in [1.82, 2.24) is 21.3 Å². The van der Waals surface area contributed by atoms with E-state index in [0.717, 1.165) is 122 Å². The van der Waals surface area contributed by atoms with Crippen LogP contribution in [0.2, 0.25) is 0 Å². The average Bonchev–Trinajstić information content (AvgIpc) is 1.09. The fourth-order valence-electron chi connectivity index (χ4n) is 11.2. The van der Waals surface area contributed by atoms with Crippen LogP contribution >= 0.6 is 15.6 Å². The Morgan fingerprint density at radius 2 is 0.663 bits per heavy atom. The van der Waals surface area contributed by atoms with E-state index in [2.05, 4.69) is 55.9 Å². The van der Waals surface area contributed by atoms with E-state index >= 15 is 0 Å². The Hall–Kier alpha value is -3.37. The summed E-state index contributed by atoms with van der Waals surface area (Å²) in [7, 11) is -9.57. The third-order valence-electron chi connectivity index (χ3n) is 16.9. The van der Waals surface area contributed by atoms with Gasteiger partial charge in [-0.05, 0) is 44.9 Å². The molecule has 0 heterocycles. The Balaban J connectivity index is 5.51. The molecule has 576 valence electrons. The smallest absolute Gasteiger partial charge is 0.462 e. The Morgan fingerprint density at radius 1 is 0.357 bits per heavy atom. The van der Waals surface area contributed by atoms with Gasteiger partial charge in [-0.2, -0.15) is 0 Å². The quantitative estimate of drug-likeness (QED) is 0.0143. The zero-order valence-electron chi connectivity index (χ0n) is 62.1. The van der Waals surface area contributed by atoms with Crippen molar-refractivity contribution in [2.45, 2.75) is 361 Å². The maximum Gasteiger partial charge on any atom is 0.472 e. The summed E-state index contributed by atoms with van der Waals surface area (Å²) in [5, 5.41) is 10.2. The summed E-state index contributed by atoms with van der Waals surface area (Å²) in [5.74, 6) is -2.29. The molecule has 0 aromatic rings. The van der Waals surface area contributed by atoms with Crippen LogP contribution in [0.3, 0.4) is 0 Å². The molecular weight excluding hydrogens is 1300 g/mol. The van der Waals surface area contributed by atoms with Crippen molar-refractivity contribution >= 4 is 57.0 Å². The standard InChI is InChI=1S/C73H140N4O19P2/c1-7-12-17-22-25-28-31-36-39-44-66(79)57-70(81)76-64(59-89-53-49-68(95-63(6)78)46-41-34-20-15-10-4)61-93-97(85,86)91-55-51-74-73(84)75-52-56-92-98(87,88)94-62-65(77-71(82)58-67(80)45-40-37-32-29-26-23-18-13-8-2)60-90-54-50-69(47-42-35-21-16-11-5)96-72(83)48-43-38-33-30-27-24-19-14-9-3/h64-65,68-69H,7-62H2,1-6H3,(H,76,81)(H,77,82)(H,85,86)(H,87,88)(H2,74,75,84). The highest BCUT2D eigenvalue weighted by atomic mass is 31.2. The highest BCUT2D eigenvalue weighted by Gasteiger charge is 2.28. The number of ketones is 2. The van der Waals surface area contributed by atoms with Crippen molar-refractivity contribution in [3.63, 3.8) is 0 Å². The molecule has 23 nitrogen and oxygen atoms in total. The molecule has 0 aliphatic rings. The van der Waals surface area contributed by atoms with E-state index in [9.17, 15) is 52.5 Å². The molecular formula is C73H140N4O19P2. The van der Waals surface area contributed by atoms with Gasteiger partial charge in [0.05, 0.1) is 77.8 Å². The maximum atomic E-state index is 13.2. The van der Waals surface area contributed by atoms with Gasteiger partial charge < -0.3 is 50.0 Å². The van der Waals surface area contributed by atoms with Crippen molar-refractivity contribution in [1.29, 1.82) is 0 Å². The Bertz CT molecular complexity index is 2100. The molecule has 6 N–H and O–H groups in total. The minimum atomic E-state index is -4.79. The highest BCUT2D eigenvalue weighted by molar-refractivity contribution is 7.47. The van der Waals surface area contributed by atoms with Crippen LogP contribution in [-0.2, 0) is 74.9 Å². The molecule has 0 aromatic carbocycles. The minimum absolute atomic E-state index is 0.141. The van der Waals surface area contributed by atoms with Gasteiger partial charge in [0.15, 0.2) is 0 Å². The van der Waals surface area contributed by atoms with Crippen LogP contribution in [0.15, 0.2) is 0 Å². The summed E-state index contributed by atoms with van der Waals surface area (Å²) in [6.45, 7) is 9.58. The first-order chi connectivity index (χ1) is 47.3. The lowest BCUT2D eigenvalue weighted by Crippen LogP contribution is -2.42. The Morgan fingerprint density at radius 3 is 1.00 bits per heavy atom. The number of rotatable bonds is 74. The van der Waals surface area contributed by atoms with Crippen LogP contribution in [-0.4, -0.2) is 141 Å². The second-order valence-corrected chi connectivity index (χ2v) is 29.5. The number of Topliss-reactive ketones (excluding diaryl/α,β-unsaturated/α-hetero) is 2. The predicted molar refractivity (Wildman–Crippen MR) is 387 cm³/mol. The Labute approximate surface area is 592 Å². The fraction of sp³-hybridized carbons (Fsp3) is 0.904. The third kappa shape index (κ3) is 64.7. The molecule has 6 atom stereocenters. The van der Waals surface area contributed by atoms with E-state index in [1.807, 2.05) is 0 Å². The Kier molecular flexibility index (Phi) is 64.5. The number of esters is 2. The fourth-order valence-corrected chi connectivity index (χ4v) is 12.7. The third-order valence-corrected chi connectivity index (χ3v) is 18.9. The molecule has 0 rings (SSSR count). The van der Waals surface area contributed by atoms with Crippen LogP contribution < -0.4 is 21.3 Å². The topological polar surface area (TPSA) is 316 Å². The predicted octanol–water partition coefficient (Wildman–Crippen LogP) is 16.6. The van der Waals surface area contributed by atoms with Crippen LogP contribution in [0, 0.1) is 0 Å². The summed E-state index contributed by atoms with van der Waals surface area (Å²) in [6, 6.07) is -2.73. The SMILES string of the molecule is CCCCCCCCCCCC(=O)CC(=O)NC(COCCC(CCCCCCC)OC(C)=O)COP(=O)(O)OCCNC(=O)NCCOP(=O)(O)OCC(COCCC(CCCCCCC)OC(=O)CCCCCCCCCCC)NC(=O)CC(=O)CCCCCCCCCCC. The molecule has 0 saturated carbocycles. The van der Waals surface area contributed by atoms with Crippen LogP contribution in [0.4, 0.5) is 4.79 Å². The molecule has 0 fully saturated rings. The minimum Gasteiger partial charge on any atom is -0.462 e. The molecule has 0 saturated heterocycles. The largest absolute Gasteiger partial charge is 0.472 e. The number of unbranched alkanes of at least 4 members (excludes halogenated alkanes) is 32. The lowest BCUT2D eigenvalue weighted by Gasteiger charge is -2.22. The van der Waals surface area contributed by atoms with Gasteiger partial charge in [0.2, 0.25) is 11.8 Å². The summed E-state index contributed by atoms with van der Waals surface area (Å²) < 4.78 is 70.1. The monoisotopic (exact) mass is 1440 g/mol. The van der Waals surface area contributed by atoms with E-state index in [0.29, 0.717) is 44.9 Å². The molecule has 98 heavy (non-hydrogen) atoms. The van der Waals surface area contributed by atoms with Crippen molar-refractivity contribution < 1.29 is 89.5 Å². The van der Waals surface area contributed by atoms with Crippen LogP contribution in [0.5, 0.6) is 0 Å². The highest BCUT2D eigenvalue weighted by Crippen LogP contribution is 2.44. The lowest BCUT2D eigenvalue weighted by molar-refractivity contribution is -0.151. The van der Waals surface area contributed by atoms with Crippen LogP contribution in [0.25, 0.3) is 0 Å². The van der Waals surface area contributed by atoms with Gasteiger partial charge in [0, 0.05) is 52.1 Å². The van der Waals surface area contributed by atoms with Gasteiger partial charge in [-0.15, -0.1) is 0 Å². The van der Waals surface area contributed by atoms with Gasteiger partial charge in [-0.1, -0.05) is 240 Å². The zero-order valence-corrected chi connectivity index (χ0v) is 63.9. The van der Waals surface area contributed by atoms with E-state index < -0.39 is 78.0 Å². The molecule has 0 aliphatic heterocycles. The number of amides is 4.